The summed E-state index contributed by atoms with van der Waals surface area (Å²) in [7, 11) is 1.31. The van der Waals surface area contributed by atoms with E-state index in [0.717, 1.165) is 6.42 Å². The second-order valence-corrected chi connectivity index (χ2v) is 6.54. The number of carbonyl (C=O) groups is 3. The quantitative estimate of drug-likeness (QED) is 0.733. The molecule has 0 spiro atoms. The molecule has 0 aromatic heterocycles. The molecular weight excluding hydrogens is 344 g/mol. The van der Waals surface area contributed by atoms with Crippen LogP contribution in [0.25, 0.3) is 0 Å². The molecule has 0 heterocycles. The molecular formula is C21H24N2O4. The Morgan fingerprint density at radius 2 is 1.56 bits per heavy atom. The van der Waals surface area contributed by atoms with E-state index in [4.69, 9.17) is 0 Å². The van der Waals surface area contributed by atoms with Crippen LogP contribution in [-0.4, -0.2) is 31.4 Å². The van der Waals surface area contributed by atoms with Crippen LogP contribution in [0.15, 0.2) is 48.5 Å². The molecule has 2 aromatic rings. The Balaban J connectivity index is 2.02. The first-order chi connectivity index (χ1) is 12.9. The summed E-state index contributed by atoms with van der Waals surface area (Å²) >= 11 is 0. The molecule has 2 N–H and O–H groups in total. The normalized spacial score (nSPS) is 10.4. The lowest BCUT2D eigenvalue weighted by atomic mass is 10.1. The highest BCUT2D eigenvalue weighted by Crippen LogP contribution is 2.13. The van der Waals surface area contributed by atoms with Crippen molar-refractivity contribution < 1.29 is 19.1 Å². The van der Waals surface area contributed by atoms with Crippen molar-refractivity contribution in [2.24, 2.45) is 5.92 Å². The number of carbonyl (C=O) groups excluding carboxylic acids is 3. The summed E-state index contributed by atoms with van der Waals surface area (Å²) in [6.07, 6.45) is 0.896. The SMILES string of the molecule is COC(=O)c1ccc(NC(=O)c2cccc(C(=O)NCCC(C)C)c2)cc1. The highest BCUT2D eigenvalue weighted by atomic mass is 16.5. The zero-order valence-electron chi connectivity index (χ0n) is 15.7. The lowest BCUT2D eigenvalue weighted by Crippen LogP contribution is -2.25. The molecule has 0 saturated carbocycles. The van der Waals surface area contributed by atoms with Crippen LogP contribution in [0.3, 0.4) is 0 Å². The number of anilines is 1. The number of ether oxygens (including phenoxy) is 1. The molecule has 0 fully saturated rings. The van der Waals surface area contributed by atoms with Gasteiger partial charge in [0.1, 0.15) is 0 Å². The predicted octanol–water partition coefficient (Wildman–Crippen LogP) is 3.50. The van der Waals surface area contributed by atoms with Crippen LogP contribution in [0.5, 0.6) is 0 Å². The third-order valence-electron chi connectivity index (χ3n) is 3.96. The summed E-state index contributed by atoms with van der Waals surface area (Å²) in [5.74, 6) is -0.470. The van der Waals surface area contributed by atoms with Crippen molar-refractivity contribution in [1.82, 2.24) is 5.32 Å². The van der Waals surface area contributed by atoms with Gasteiger partial charge in [0.05, 0.1) is 12.7 Å². The minimum atomic E-state index is -0.441. The van der Waals surface area contributed by atoms with Crippen LogP contribution in [0, 0.1) is 5.92 Å². The maximum Gasteiger partial charge on any atom is 0.337 e. The molecule has 142 valence electrons. The third-order valence-corrected chi connectivity index (χ3v) is 3.96. The van der Waals surface area contributed by atoms with Gasteiger partial charge in [-0.1, -0.05) is 19.9 Å². The van der Waals surface area contributed by atoms with E-state index in [9.17, 15) is 14.4 Å². The number of amides is 2. The first kappa shape index (κ1) is 20.2. The summed E-state index contributed by atoms with van der Waals surface area (Å²) in [5, 5.41) is 5.60. The number of nitrogens with one attached hydrogen (secondary N) is 2. The van der Waals surface area contributed by atoms with Crippen molar-refractivity contribution in [2.45, 2.75) is 20.3 Å². The van der Waals surface area contributed by atoms with Crippen molar-refractivity contribution in [3.05, 3.63) is 65.2 Å². The van der Waals surface area contributed by atoms with Gasteiger partial charge in [-0.3, -0.25) is 9.59 Å². The highest BCUT2D eigenvalue weighted by Gasteiger charge is 2.11. The summed E-state index contributed by atoms with van der Waals surface area (Å²) in [5.41, 5.74) is 1.76. The van der Waals surface area contributed by atoms with E-state index in [-0.39, 0.29) is 11.8 Å². The number of benzene rings is 2. The zero-order valence-corrected chi connectivity index (χ0v) is 15.7. The fraction of sp³-hybridized carbons (Fsp3) is 0.286. The van der Waals surface area contributed by atoms with Crippen LogP contribution in [0.2, 0.25) is 0 Å². The lowest BCUT2D eigenvalue weighted by molar-refractivity contribution is 0.0600. The summed E-state index contributed by atoms with van der Waals surface area (Å²) in [4.78, 5) is 36.1. The first-order valence-electron chi connectivity index (χ1n) is 8.78. The second kappa shape index (κ2) is 9.52. The lowest BCUT2D eigenvalue weighted by Gasteiger charge is -2.09. The minimum absolute atomic E-state index is 0.201. The first-order valence-corrected chi connectivity index (χ1v) is 8.78. The zero-order chi connectivity index (χ0) is 19.8. The molecule has 0 bridgehead atoms. The van der Waals surface area contributed by atoms with Gasteiger partial charge < -0.3 is 15.4 Å². The average molecular weight is 368 g/mol. The fourth-order valence-electron chi connectivity index (χ4n) is 2.39. The summed E-state index contributed by atoms with van der Waals surface area (Å²) in [6.45, 7) is 4.78. The second-order valence-electron chi connectivity index (χ2n) is 6.54. The third kappa shape index (κ3) is 5.95. The number of methoxy groups -OCH3 is 1. The monoisotopic (exact) mass is 368 g/mol. The molecule has 0 aliphatic carbocycles. The standard InChI is InChI=1S/C21H24N2O4/c1-14(2)11-12-22-19(24)16-5-4-6-17(13-16)20(25)23-18-9-7-15(8-10-18)21(26)27-3/h4-10,13-14H,11-12H2,1-3H3,(H,22,24)(H,23,25). The highest BCUT2D eigenvalue weighted by molar-refractivity contribution is 6.06. The van der Waals surface area contributed by atoms with Crippen molar-refractivity contribution in [2.75, 3.05) is 19.0 Å². The van der Waals surface area contributed by atoms with Crippen molar-refractivity contribution in [3.63, 3.8) is 0 Å². The van der Waals surface area contributed by atoms with Crippen molar-refractivity contribution in [3.8, 4) is 0 Å². The Morgan fingerprint density at radius 1 is 0.926 bits per heavy atom. The van der Waals surface area contributed by atoms with Gasteiger partial charge in [-0.25, -0.2) is 4.79 Å². The van der Waals surface area contributed by atoms with E-state index in [0.29, 0.717) is 34.8 Å². The largest absolute Gasteiger partial charge is 0.465 e. The van der Waals surface area contributed by atoms with Gasteiger partial charge in [-0.15, -0.1) is 0 Å². The van der Waals surface area contributed by atoms with Gasteiger partial charge in [0.25, 0.3) is 11.8 Å². The van der Waals surface area contributed by atoms with Crippen LogP contribution < -0.4 is 10.6 Å². The fourth-order valence-corrected chi connectivity index (χ4v) is 2.39. The molecule has 6 heteroatoms. The van der Waals surface area contributed by atoms with Gasteiger partial charge in [-0.2, -0.15) is 0 Å². The minimum Gasteiger partial charge on any atom is -0.465 e. The Morgan fingerprint density at radius 3 is 2.15 bits per heavy atom. The van der Waals surface area contributed by atoms with Crippen LogP contribution in [0.1, 0.15) is 51.3 Å². The molecule has 0 aliphatic heterocycles. The van der Waals surface area contributed by atoms with Gasteiger partial charge in [0.15, 0.2) is 0 Å². The molecule has 0 saturated heterocycles. The number of hydrogen-bond donors (Lipinski definition) is 2. The molecule has 2 rings (SSSR count). The van der Waals surface area contributed by atoms with E-state index < -0.39 is 5.97 Å². The van der Waals surface area contributed by atoms with Gasteiger partial charge in [0, 0.05) is 23.4 Å². The summed E-state index contributed by atoms with van der Waals surface area (Å²) < 4.78 is 4.64. The molecule has 0 aliphatic rings. The van der Waals surface area contributed by atoms with Gasteiger partial charge in [-0.05, 0) is 54.8 Å². The average Bonchev–Trinajstić information content (AvgIpc) is 2.67. The number of hydrogen-bond acceptors (Lipinski definition) is 4. The van der Waals surface area contributed by atoms with Gasteiger partial charge in [0.2, 0.25) is 0 Å². The number of rotatable bonds is 7. The van der Waals surface area contributed by atoms with Crippen LogP contribution in [0.4, 0.5) is 5.69 Å². The molecule has 27 heavy (non-hydrogen) atoms. The smallest absolute Gasteiger partial charge is 0.337 e. The predicted molar refractivity (Wildman–Crippen MR) is 104 cm³/mol. The van der Waals surface area contributed by atoms with Crippen molar-refractivity contribution >= 4 is 23.5 Å². The van der Waals surface area contributed by atoms with Crippen molar-refractivity contribution in [1.29, 1.82) is 0 Å². The van der Waals surface area contributed by atoms with E-state index in [1.807, 2.05) is 0 Å². The summed E-state index contributed by atoms with van der Waals surface area (Å²) in [6, 6.07) is 12.9. The van der Waals surface area contributed by atoms with Gasteiger partial charge >= 0.3 is 5.97 Å². The molecule has 0 unspecified atom stereocenters. The Hall–Kier alpha value is -3.15. The molecule has 2 amide bonds. The molecule has 0 atom stereocenters. The maximum atomic E-state index is 12.4. The van der Waals surface area contributed by atoms with E-state index in [1.54, 1.807) is 48.5 Å². The van der Waals surface area contributed by atoms with E-state index in [2.05, 4.69) is 29.2 Å². The maximum absolute atomic E-state index is 12.4. The molecule has 6 nitrogen and oxygen atoms in total. The molecule has 0 radical (unpaired) electrons. The van der Waals surface area contributed by atoms with E-state index >= 15 is 0 Å². The van der Waals surface area contributed by atoms with E-state index in [1.165, 1.54) is 7.11 Å². The number of esters is 1. The molecule has 2 aromatic carbocycles. The topological polar surface area (TPSA) is 84.5 Å². The van der Waals surface area contributed by atoms with Crippen LogP contribution >= 0.6 is 0 Å². The Bertz CT molecular complexity index is 813. The Kier molecular flexibility index (Phi) is 7.11. The Labute approximate surface area is 158 Å². The van der Waals surface area contributed by atoms with Crippen LogP contribution in [-0.2, 0) is 4.74 Å².